The second kappa shape index (κ2) is 14.9. The van der Waals surface area contributed by atoms with Gasteiger partial charge in [-0.3, -0.25) is 9.59 Å². The van der Waals surface area contributed by atoms with Gasteiger partial charge in [-0.05, 0) is 58.4 Å². The topological polar surface area (TPSA) is 132 Å². The second-order valence-electron chi connectivity index (χ2n) is 11.2. The molecule has 8 heteroatoms. The van der Waals surface area contributed by atoms with E-state index in [0.29, 0.717) is 36.6 Å². The summed E-state index contributed by atoms with van der Waals surface area (Å²) in [6.45, 7) is 9.38. The molecular formula is C33H43N5O3. The van der Waals surface area contributed by atoms with Crippen LogP contribution in [0.3, 0.4) is 0 Å². The lowest BCUT2D eigenvalue weighted by atomic mass is 9.87. The van der Waals surface area contributed by atoms with Crippen molar-refractivity contribution in [3.8, 4) is 5.75 Å². The zero-order chi connectivity index (χ0) is 29.8. The minimum absolute atomic E-state index is 0.0188. The van der Waals surface area contributed by atoms with E-state index in [1.54, 1.807) is 12.1 Å². The van der Waals surface area contributed by atoms with Crippen LogP contribution in [0.15, 0.2) is 77.8 Å². The maximum absolute atomic E-state index is 13.3. The lowest BCUT2D eigenvalue weighted by molar-refractivity contribution is -0.129. The van der Waals surface area contributed by atoms with Crippen molar-refractivity contribution >= 4 is 23.5 Å². The van der Waals surface area contributed by atoms with Crippen LogP contribution in [0.2, 0.25) is 0 Å². The van der Waals surface area contributed by atoms with Gasteiger partial charge in [-0.2, -0.15) is 0 Å². The molecule has 8 nitrogen and oxygen atoms in total. The molecule has 0 aliphatic heterocycles. The average molecular weight is 558 g/mol. The van der Waals surface area contributed by atoms with Crippen LogP contribution >= 0.6 is 0 Å². The molecule has 2 amide bonds. The quantitative estimate of drug-likeness (QED) is 0.125. The number of nitrogens with two attached hydrogens (primary N) is 2. The Labute approximate surface area is 243 Å². The van der Waals surface area contributed by atoms with Crippen LogP contribution in [-0.2, 0) is 28.2 Å². The van der Waals surface area contributed by atoms with Gasteiger partial charge in [-0.15, -0.1) is 0 Å². The summed E-state index contributed by atoms with van der Waals surface area (Å²) >= 11 is 0. The van der Waals surface area contributed by atoms with E-state index >= 15 is 0 Å². The van der Waals surface area contributed by atoms with Gasteiger partial charge in [0.25, 0.3) is 0 Å². The Morgan fingerprint density at radius 3 is 2.10 bits per heavy atom. The normalized spacial score (nSPS) is 11.8. The number of benzene rings is 3. The Morgan fingerprint density at radius 2 is 1.51 bits per heavy atom. The van der Waals surface area contributed by atoms with Crippen molar-refractivity contribution < 1.29 is 14.3 Å². The monoisotopic (exact) mass is 557 g/mol. The number of carbonyl (C=O) groups excluding carboxylic acids is 2. The number of amides is 2. The minimum Gasteiger partial charge on any atom is -0.489 e. The molecule has 0 fully saturated rings. The molecule has 0 aliphatic carbocycles. The van der Waals surface area contributed by atoms with Gasteiger partial charge in [-0.1, -0.05) is 89.1 Å². The number of carbonyl (C=O) groups is 2. The van der Waals surface area contributed by atoms with Crippen LogP contribution in [0.25, 0.3) is 0 Å². The molecule has 0 aromatic heterocycles. The summed E-state index contributed by atoms with van der Waals surface area (Å²) in [6, 6.07) is 22.1. The van der Waals surface area contributed by atoms with E-state index in [9.17, 15) is 9.59 Å². The van der Waals surface area contributed by atoms with Gasteiger partial charge in [0.15, 0.2) is 5.96 Å². The van der Waals surface area contributed by atoms with Crippen LogP contribution in [0, 0.1) is 0 Å². The van der Waals surface area contributed by atoms with Gasteiger partial charge in [0.05, 0.1) is 5.69 Å². The highest BCUT2D eigenvalue weighted by Gasteiger charge is 2.23. The van der Waals surface area contributed by atoms with E-state index in [-0.39, 0.29) is 23.2 Å². The zero-order valence-electron chi connectivity index (χ0n) is 24.6. The molecule has 218 valence electrons. The molecule has 6 N–H and O–H groups in total. The van der Waals surface area contributed by atoms with Crippen molar-refractivity contribution in [3.63, 3.8) is 0 Å². The highest BCUT2D eigenvalue weighted by molar-refractivity contribution is 5.88. The fraction of sp³-hybridized carbons (Fsp3) is 0.364. The SMILES string of the molecule is CCCCCC(=O)N[C@H](C(=O)NCc1ccc(N=C(N)N)cc1)c1ccc(OCc2ccc(C(C)(C)C)cc2)cc1. The summed E-state index contributed by atoms with van der Waals surface area (Å²) in [5.74, 6) is 0.214. The number of ether oxygens (including phenoxy) is 1. The second-order valence-corrected chi connectivity index (χ2v) is 11.2. The number of nitrogens with one attached hydrogen (secondary N) is 2. The minimum atomic E-state index is -0.830. The fourth-order valence-corrected chi connectivity index (χ4v) is 4.22. The fourth-order valence-electron chi connectivity index (χ4n) is 4.22. The first-order valence-corrected chi connectivity index (χ1v) is 14.1. The summed E-state index contributed by atoms with van der Waals surface area (Å²) in [7, 11) is 0. The lowest BCUT2D eigenvalue weighted by Crippen LogP contribution is -2.40. The van der Waals surface area contributed by atoms with E-state index in [1.165, 1.54) is 5.56 Å². The maximum atomic E-state index is 13.3. The third-order valence-electron chi connectivity index (χ3n) is 6.68. The molecule has 3 aromatic rings. The third-order valence-corrected chi connectivity index (χ3v) is 6.68. The first kappa shape index (κ1) is 31.2. The van der Waals surface area contributed by atoms with E-state index in [4.69, 9.17) is 16.2 Å². The van der Waals surface area contributed by atoms with E-state index < -0.39 is 6.04 Å². The molecule has 3 aromatic carbocycles. The number of unbranched alkanes of at least 4 members (excludes halogenated alkanes) is 2. The zero-order valence-corrected chi connectivity index (χ0v) is 24.6. The van der Waals surface area contributed by atoms with Crippen LogP contribution in [0.1, 0.15) is 81.7 Å². The maximum Gasteiger partial charge on any atom is 0.247 e. The van der Waals surface area contributed by atoms with Gasteiger partial charge >= 0.3 is 0 Å². The summed E-state index contributed by atoms with van der Waals surface area (Å²) in [5.41, 5.74) is 15.5. The van der Waals surface area contributed by atoms with Gasteiger partial charge < -0.3 is 26.8 Å². The Kier molecular flexibility index (Phi) is 11.3. The highest BCUT2D eigenvalue weighted by atomic mass is 16.5. The van der Waals surface area contributed by atoms with Crippen molar-refractivity contribution in [3.05, 3.63) is 95.1 Å². The molecule has 0 unspecified atom stereocenters. The van der Waals surface area contributed by atoms with E-state index in [2.05, 4.69) is 67.6 Å². The Balaban J connectivity index is 1.66. The summed E-state index contributed by atoms with van der Waals surface area (Å²) < 4.78 is 5.99. The molecule has 3 rings (SSSR count). The number of hydrogen-bond acceptors (Lipinski definition) is 4. The molecule has 0 aliphatic rings. The number of hydrogen-bond donors (Lipinski definition) is 4. The van der Waals surface area contributed by atoms with Crippen molar-refractivity contribution in [2.45, 2.75) is 78.0 Å². The molecule has 0 saturated carbocycles. The van der Waals surface area contributed by atoms with Crippen LogP contribution in [-0.4, -0.2) is 17.8 Å². The van der Waals surface area contributed by atoms with Gasteiger partial charge in [0.2, 0.25) is 11.8 Å². The third kappa shape index (κ3) is 10.3. The van der Waals surface area contributed by atoms with Crippen molar-refractivity contribution in [1.82, 2.24) is 10.6 Å². The molecule has 0 spiro atoms. The number of guanidine groups is 1. The Bertz CT molecular complexity index is 1290. The molecule has 0 radical (unpaired) electrons. The number of aliphatic imine (C=N–C) groups is 1. The van der Waals surface area contributed by atoms with Gasteiger partial charge in [-0.25, -0.2) is 4.99 Å². The standard InChI is InChI=1S/C33H43N5O3/c1-5-6-7-8-29(39)38-30(31(40)36-21-23-11-17-27(18-12-23)37-32(34)35)25-13-19-28(20-14-25)41-22-24-9-15-26(16-10-24)33(2,3)4/h9-20,30H,5-8,21-22H2,1-4H3,(H,36,40)(H,38,39)(H4,34,35,37)/t30-/m0/s1. The van der Waals surface area contributed by atoms with Crippen LogP contribution in [0.4, 0.5) is 5.69 Å². The molecule has 0 saturated heterocycles. The molecular weight excluding hydrogens is 514 g/mol. The first-order valence-electron chi connectivity index (χ1n) is 14.1. The van der Waals surface area contributed by atoms with Crippen molar-refractivity contribution in [2.24, 2.45) is 16.5 Å². The largest absolute Gasteiger partial charge is 0.489 e. The Hall–Kier alpha value is -4.33. The molecule has 1 atom stereocenters. The van der Waals surface area contributed by atoms with Crippen molar-refractivity contribution in [1.29, 1.82) is 0 Å². The molecule has 41 heavy (non-hydrogen) atoms. The van der Waals surface area contributed by atoms with Crippen LogP contribution < -0.4 is 26.8 Å². The van der Waals surface area contributed by atoms with Gasteiger partial charge in [0, 0.05) is 13.0 Å². The number of nitrogens with zero attached hydrogens (tertiary/aromatic N) is 1. The van der Waals surface area contributed by atoms with E-state index in [1.807, 2.05) is 36.4 Å². The molecule has 0 heterocycles. The average Bonchev–Trinajstić information content (AvgIpc) is 2.94. The van der Waals surface area contributed by atoms with Crippen molar-refractivity contribution in [2.75, 3.05) is 0 Å². The smallest absolute Gasteiger partial charge is 0.247 e. The van der Waals surface area contributed by atoms with E-state index in [0.717, 1.165) is 30.4 Å². The predicted octanol–water partition coefficient (Wildman–Crippen LogP) is 5.52. The highest BCUT2D eigenvalue weighted by Crippen LogP contribution is 2.24. The number of rotatable bonds is 13. The predicted molar refractivity (Wildman–Crippen MR) is 165 cm³/mol. The van der Waals surface area contributed by atoms with Gasteiger partial charge in [0.1, 0.15) is 18.4 Å². The van der Waals surface area contributed by atoms with Crippen LogP contribution in [0.5, 0.6) is 5.75 Å². The molecule has 0 bridgehead atoms. The first-order chi connectivity index (χ1) is 19.5. The summed E-state index contributed by atoms with van der Waals surface area (Å²) in [5, 5.41) is 5.85. The lowest BCUT2D eigenvalue weighted by Gasteiger charge is -2.20. The Morgan fingerprint density at radius 1 is 0.878 bits per heavy atom. The summed E-state index contributed by atoms with van der Waals surface area (Å²) in [4.78, 5) is 29.9. The summed E-state index contributed by atoms with van der Waals surface area (Å²) in [6.07, 6.45) is 3.13.